The van der Waals surface area contributed by atoms with E-state index in [0.29, 0.717) is 11.2 Å². The van der Waals surface area contributed by atoms with Gasteiger partial charge in [0.2, 0.25) is 0 Å². The third-order valence-electron chi connectivity index (χ3n) is 3.94. The second-order valence-corrected chi connectivity index (χ2v) is 5.58. The van der Waals surface area contributed by atoms with Crippen molar-refractivity contribution < 1.29 is 30.3 Å². The third kappa shape index (κ3) is 3.10. The van der Waals surface area contributed by atoms with Crippen LogP contribution in [0.2, 0.25) is 0 Å². The van der Waals surface area contributed by atoms with Crippen LogP contribution in [0.15, 0.2) is 35.3 Å². The molecule has 3 rings (SSSR count). The average molecular weight is 334 g/mol. The highest BCUT2D eigenvalue weighted by molar-refractivity contribution is 5.88. The fraction of sp³-hybridized carbons (Fsp3) is 0.375. The van der Waals surface area contributed by atoms with Crippen molar-refractivity contribution in [1.82, 2.24) is 4.98 Å². The number of para-hydroxylation sites is 1. The van der Waals surface area contributed by atoms with Crippen LogP contribution in [0.1, 0.15) is 5.69 Å². The second-order valence-electron chi connectivity index (χ2n) is 5.58. The number of aliphatic imine (C=N–C) groups is 1. The minimum Gasteiger partial charge on any atom is -0.506 e. The van der Waals surface area contributed by atoms with Crippen LogP contribution in [0.4, 0.5) is 0 Å². The van der Waals surface area contributed by atoms with Gasteiger partial charge in [-0.25, -0.2) is 4.98 Å². The lowest BCUT2D eigenvalue weighted by Gasteiger charge is -2.38. The maximum Gasteiger partial charge on any atom is 0.177 e. The van der Waals surface area contributed by atoms with Crippen molar-refractivity contribution in [3.05, 3.63) is 36.0 Å². The molecular weight excluding hydrogens is 316 g/mol. The van der Waals surface area contributed by atoms with Crippen LogP contribution >= 0.6 is 0 Å². The maximum atomic E-state index is 9.92. The van der Waals surface area contributed by atoms with Crippen LogP contribution in [0.3, 0.4) is 0 Å². The Kier molecular flexibility index (Phi) is 4.74. The number of aromatic hydroxyl groups is 1. The van der Waals surface area contributed by atoms with Gasteiger partial charge in [-0.05, 0) is 12.1 Å². The van der Waals surface area contributed by atoms with Crippen molar-refractivity contribution in [1.29, 1.82) is 0 Å². The number of aliphatic hydroxyl groups excluding tert-OH is 4. The molecule has 1 aromatic carbocycles. The smallest absolute Gasteiger partial charge is 0.177 e. The molecule has 24 heavy (non-hydrogen) atoms. The van der Waals surface area contributed by atoms with Gasteiger partial charge >= 0.3 is 0 Å². The number of phenols is 1. The van der Waals surface area contributed by atoms with E-state index in [1.54, 1.807) is 24.3 Å². The molecule has 1 fully saturated rings. The van der Waals surface area contributed by atoms with E-state index in [4.69, 9.17) is 9.84 Å². The summed E-state index contributed by atoms with van der Waals surface area (Å²) in [4.78, 5) is 8.29. The molecule has 1 unspecified atom stereocenters. The van der Waals surface area contributed by atoms with E-state index >= 15 is 0 Å². The third-order valence-corrected chi connectivity index (χ3v) is 3.94. The van der Waals surface area contributed by atoms with E-state index in [9.17, 15) is 20.4 Å². The van der Waals surface area contributed by atoms with E-state index < -0.39 is 37.3 Å². The number of rotatable bonds is 3. The monoisotopic (exact) mass is 334 g/mol. The molecule has 0 amide bonds. The van der Waals surface area contributed by atoms with Gasteiger partial charge < -0.3 is 30.3 Å². The first kappa shape index (κ1) is 16.7. The first-order valence-electron chi connectivity index (χ1n) is 7.43. The Bertz CT molecular complexity index is 750. The first-order chi connectivity index (χ1) is 11.5. The normalized spacial score (nSPS) is 30.9. The van der Waals surface area contributed by atoms with Gasteiger partial charge in [-0.1, -0.05) is 18.2 Å². The van der Waals surface area contributed by atoms with Crippen LogP contribution in [-0.2, 0) is 4.74 Å². The molecule has 8 heteroatoms. The fourth-order valence-electron chi connectivity index (χ4n) is 2.57. The molecule has 0 bridgehead atoms. The summed E-state index contributed by atoms with van der Waals surface area (Å²) in [7, 11) is 0. The summed E-state index contributed by atoms with van der Waals surface area (Å²) < 4.78 is 5.28. The highest BCUT2D eigenvalue weighted by Gasteiger charge is 2.43. The zero-order chi connectivity index (χ0) is 17.3. The van der Waals surface area contributed by atoms with Gasteiger partial charge in [0.05, 0.1) is 18.5 Å². The molecule has 5 N–H and O–H groups in total. The Hall–Kier alpha value is -2.10. The molecule has 2 aromatic rings. The fourth-order valence-corrected chi connectivity index (χ4v) is 2.57. The Morgan fingerprint density at radius 2 is 1.88 bits per heavy atom. The molecule has 0 spiro atoms. The molecule has 0 saturated carbocycles. The van der Waals surface area contributed by atoms with Gasteiger partial charge in [-0.15, -0.1) is 0 Å². The Labute approximate surface area is 137 Å². The first-order valence-corrected chi connectivity index (χ1v) is 7.43. The Balaban J connectivity index is 1.83. The van der Waals surface area contributed by atoms with Gasteiger partial charge in [0.15, 0.2) is 6.23 Å². The van der Waals surface area contributed by atoms with Crippen molar-refractivity contribution in [3.63, 3.8) is 0 Å². The topological polar surface area (TPSA) is 136 Å². The number of fused-ring (bicyclic) bond motifs is 1. The lowest BCUT2D eigenvalue weighted by molar-refractivity contribution is -0.226. The van der Waals surface area contributed by atoms with Gasteiger partial charge in [0.1, 0.15) is 35.7 Å². The number of nitrogens with zero attached hydrogens (tertiary/aromatic N) is 2. The predicted molar refractivity (Wildman–Crippen MR) is 84.8 cm³/mol. The van der Waals surface area contributed by atoms with Crippen molar-refractivity contribution >= 4 is 17.1 Å². The standard InChI is InChI=1S/C16H18N2O6/c19-7-11-13(21)14(22)15(23)16(24-11)17-6-9-5-4-8-2-1-3-10(20)12(8)18-9/h1-6,11,13-16,19-23H,7H2/b17-6+/t11-,13-,14+,15-,16?/m1/s1. The van der Waals surface area contributed by atoms with Gasteiger partial charge in [0.25, 0.3) is 0 Å². The highest BCUT2D eigenvalue weighted by atomic mass is 16.6. The number of pyridine rings is 1. The largest absolute Gasteiger partial charge is 0.506 e. The molecule has 0 aliphatic carbocycles. The minimum atomic E-state index is -1.48. The molecule has 1 aromatic heterocycles. The predicted octanol–water partition coefficient (Wildman–Crippen LogP) is -0.841. The Morgan fingerprint density at radius 3 is 2.62 bits per heavy atom. The van der Waals surface area contributed by atoms with Crippen LogP contribution in [0.25, 0.3) is 10.9 Å². The van der Waals surface area contributed by atoms with Crippen molar-refractivity contribution in [2.75, 3.05) is 6.61 Å². The van der Waals surface area contributed by atoms with E-state index in [2.05, 4.69) is 9.98 Å². The summed E-state index contributed by atoms with van der Waals surface area (Å²) in [6.07, 6.45) is -5.17. The second kappa shape index (κ2) is 6.80. The molecule has 1 aliphatic heterocycles. The molecule has 1 saturated heterocycles. The SMILES string of the molecule is OC[C@H]1OC(/N=C/c2ccc3cccc(O)c3n2)[C@H](O)[C@@H](O)[C@@H]1O. The summed E-state index contributed by atoms with van der Waals surface area (Å²) in [6, 6.07) is 8.47. The Morgan fingerprint density at radius 1 is 1.08 bits per heavy atom. The lowest BCUT2D eigenvalue weighted by Crippen LogP contribution is -2.57. The van der Waals surface area contributed by atoms with Crippen LogP contribution < -0.4 is 0 Å². The van der Waals surface area contributed by atoms with E-state index in [0.717, 1.165) is 5.39 Å². The molecule has 0 radical (unpaired) electrons. The summed E-state index contributed by atoms with van der Waals surface area (Å²) >= 11 is 0. The molecule has 1 aliphatic rings. The number of benzene rings is 1. The number of aromatic nitrogens is 1. The van der Waals surface area contributed by atoms with E-state index in [1.807, 2.05) is 0 Å². The van der Waals surface area contributed by atoms with Crippen molar-refractivity contribution in [2.45, 2.75) is 30.6 Å². The van der Waals surface area contributed by atoms with Crippen LogP contribution in [0, 0.1) is 0 Å². The van der Waals surface area contributed by atoms with Crippen molar-refractivity contribution in [3.8, 4) is 5.75 Å². The van der Waals surface area contributed by atoms with Gasteiger partial charge in [-0.3, -0.25) is 4.99 Å². The summed E-state index contributed by atoms with van der Waals surface area (Å²) in [5, 5.41) is 49.1. The molecular formula is C16H18N2O6. The van der Waals surface area contributed by atoms with Gasteiger partial charge in [-0.2, -0.15) is 0 Å². The number of hydrogen-bond donors (Lipinski definition) is 5. The molecule has 8 nitrogen and oxygen atoms in total. The average Bonchev–Trinajstić information content (AvgIpc) is 2.60. The highest BCUT2D eigenvalue weighted by Crippen LogP contribution is 2.23. The van der Waals surface area contributed by atoms with E-state index in [-0.39, 0.29) is 5.75 Å². The quantitative estimate of drug-likeness (QED) is 0.462. The maximum absolute atomic E-state index is 9.92. The number of ether oxygens (including phenoxy) is 1. The zero-order valence-corrected chi connectivity index (χ0v) is 12.6. The number of aliphatic hydroxyl groups is 4. The molecule has 128 valence electrons. The summed E-state index contributed by atoms with van der Waals surface area (Å²) in [6.45, 7) is -0.515. The summed E-state index contributed by atoms with van der Waals surface area (Å²) in [5.41, 5.74) is 0.830. The molecule has 5 atom stereocenters. The number of phenolic OH excluding ortho intramolecular Hbond substituents is 1. The van der Waals surface area contributed by atoms with E-state index in [1.165, 1.54) is 12.3 Å². The molecule has 2 heterocycles. The van der Waals surface area contributed by atoms with Crippen LogP contribution in [-0.4, -0.2) is 74.0 Å². The number of hydrogen-bond acceptors (Lipinski definition) is 8. The zero-order valence-electron chi connectivity index (χ0n) is 12.6. The van der Waals surface area contributed by atoms with Crippen LogP contribution in [0.5, 0.6) is 5.75 Å². The minimum absolute atomic E-state index is 0.0376. The van der Waals surface area contributed by atoms with Gasteiger partial charge in [0, 0.05) is 5.39 Å². The van der Waals surface area contributed by atoms with Crippen molar-refractivity contribution in [2.24, 2.45) is 4.99 Å². The summed E-state index contributed by atoms with van der Waals surface area (Å²) in [5.74, 6) is 0.0376. The lowest BCUT2D eigenvalue weighted by atomic mass is 9.99.